The number of ketones is 1. The molecule has 0 amide bonds. The third-order valence-electron chi connectivity index (χ3n) is 2.72. The molecule has 0 radical (unpaired) electrons. The van der Waals surface area contributed by atoms with Crippen LogP contribution in [0.25, 0.3) is 0 Å². The van der Waals surface area contributed by atoms with Crippen LogP contribution in [0.4, 0.5) is 0 Å². The summed E-state index contributed by atoms with van der Waals surface area (Å²) >= 11 is 0. The van der Waals surface area contributed by atoms with Crippen LogP contribution in [0.5, 0.6) is 0 Å². The van der Waals surface area contributed by atoms with E-state index in [-0.39, 0.29) is 5.78 Å². The van der Waals surface area contributed by atoms with Crippen LogP contribution in [-0.4, -0.2) is 31.0 Å². The van der Waals surface area contributed by atoms with E-state index in [2.05, 4.69) is 20.6 Å². The molecule has 0 unspecified atom stereocenters. The van der Waals surface area contributed by atoms with Crippen molar-refractivity contribution < 1.29 is 9.36 Å². The van der Waals surface area contributed by atoms with E-state index in [1.807, 2.05) is 34.9 Å². The summed E-state index contributed by atoms with van der Waals surface area (Å²) in [4.78, 5) is 11.7. The SMILES string of the molecule is C[n+]1ccn(CCC(=O)CCCc2nn[nH]n2)c1. The highest BCUT2D eigenvalue weighted by atomic mass is 16.1. The van der Waals surface area contributed by atoms with Crippen LogP contribution in [0.3, 0.4) is 0 Å². The third-order valence-corrected chi connectivity index (χ3v) is 2.72. The second-order valence-corrected chi connectivity index (χ2v) is 4.29. The Hall–Kier alpha value is -2.05. The molecule has 96 valence electrons. The topological polar surface area (TPSA) is 80.3 Å². The lowest BCUT2D eigenvalue weighted by molar-refractivity contribution is -0.671. The van der Waals surface area contributed by atoms with Crippen LogP contribution >= 0.6 is 0 Å². The summed E-state index contributed by atoms with van der Waals surface area (Å²) in [5, 5.41) is 13.6. The van der Waals surface area contributed by atoms with Gasteiger partial charge in [-0.25, -0.2) is 9.13 Å². The number of hydrogen-bond acceptors (Lipinski definition) is 4. The maximum atomic E-state index is 11.7. The highest BCUT2D eigenvalue weighted by Gasteiger charge is 2.07. The Kier molecular flexibility index (Phi) is 4.16. The van der Waals surface area contributed by atoms with Gasteiger partial charge in [0.15, 0.2) is 5.82 Å². The molecule has 2 aromatic rings. The summed E-state index contributed by atoms with van der Waals surface area (Å²) in [5.74, 6) is 0.940. The van der Waals surface area contributed by atoms with Gasteiger partial charge in [0.1, 0.15) is 18.2 Å². The summed E-state index contributed by atoms with van der Waals surface area (Å²) in [7, 11) is 1.96. The largest absolute Gasteiger partial charge is 0.300 e. The molecule has 0 aliphatic rings. The predicted molar refractivity (Wildman–Crippen MR) is 62.3 cm³/mol. The van der Waals surface area contributed by atoms with Crippen molar-refractivity contribution in [2.45, 2.75) is 32.2 Å². The average Bonchev–Trinajstić information content (AvgIpc) is 2.98. The number of aromatic amines is 1. The molecule has 1 N–H and O–H groups in total. The lowest BCUT2D eigenvalue weighted by atomic mass is 10.1. The van der Waals surface area contributed by atoms with E-state index in [0.717, 1.165) is 13.0 Å². The van der Waals surface area contributed by atoms with Gasteiger partial charge in [0.05, 0.1) is 13.6 Å². The van der Waals surface area contributed by atoms with Gasteiger partial charge in [0.25, 0.3) is 0 Å². The Morgan fingerprint density at radius 3 is 3.06 bits per heavy atom. The van der Waals surface area contributed by atoms with Gasteiger partial charge in [0, 0.05) is 19.3 Å². The van der Waals surface area contributed by atoms with Crippen molar-refractivity contribution in [3.63, 3.8) is 0 Å². The number of aryl methyl sites for hydroxylation is 3. The number of rotatable bonds is 7. The Bertz CT molecular complexity index is 489. The maximum absolute atomic E-state index is 11.7. The van der Waals surface area contributed by atoms with Crippen LogP contribution in [0.2, 0.25) is 0 Å². The predicted octanol–water partition coefficient (Wildman–Crippen LogP) is -0.192. The quantitative estimate of drug-likeness (QED) is 0.690. The number of imidazole rings is 1. The highest BCUT2D eigenvalue weighted by molar-refractivity contribution is 5.78. The minimum atomic E-state index is 0.273. The molecule has 0 aliphatic carbocycles. The molecule has 2 rings (SSSR count). The number of Topliss-reactive ketones (excluding diaryl/α,β-unsaturated/α-hetero) is 1. The van der Waals surface area contributed by atoms with E-state index >= 15 is 0 Å². The van der Waals surface area contributed by atoms with Gasteiger partial charge in [-0.1, -0.05) is 5.21 Å². The molecule has 0 saturated carbocycles. The molecule has 2 aromatic heterocycles. The second-order valence-electron chi connectivity index (χ2n) is 4.29. The second kappa shape index (κ2) is 6.04. The van der Waals surface area contributed by atoms with Crippen LogP contribution in [0.15, 0.2) is 18.7 Å². The maximum Gasteiger partial charge on any atom is 0.243 e. The molecule has 0 aliphatic heterocycles. The normalized spacial score (nSPS) is 10.7. The van der Waals surface area contributed by atoms with E-state index in [4.69, 9.17) is 0 Å². The van der Waals surface area contributed by atoms with Gasteiger partial charge < -0.3 is 0 Å². The number of hydrogen-bond donors (Lipinski definition) is 1. The number of aromatic nitrogens is 6. The number of carbonyl (C=O) groups excluding carboxylic acids is 1. The fourth-order valence-corrected chi connectivity index (χ4v) is 1.74. The zero-order valence-electron chi connectivity index (χ0n) is 10.4. The van der Waals surface area contributed by atoms with Crippen molar-refractivity contribution in [3.8, 4) is 0 Å². The molecule has 0 bridgehead atoms. The first-order valence-corrected chi connectivity index (χ1v) is 5.99. The summed E-state index contributed by atoms with van der Waals surface area (Å²) < 4.78 is 3.97. The first-order valence-electron chi connectivity index (χ1n) is 5.99. The van der Waals surface area contributed by atoms with Crippen molar-refractivity contribution >= 4 is 5.78 Å². The smallest absolute Gasteiger partial charge is 0.243 e. The van der Waals surface area contributed by atoms with E-state index in [1.165, 1.54) is 0 Å². The van der Waals surface area contributed by atoms with Gasteiger partial charge >= 0.3 is 0 Å². The van der Waals surface area contributed by atoms with Crippen LogP contribution in [0.1, 0.15) is 25.1 Å². The van der Waals surface area contributed by atoms with Crippen molar-refractivity contribution in [3.05, 3.63) is 24.5 Å². The van der Waals surface area contributed by atoms with Gasteiger partial charge in [-0.2, -0.15) is 5.21 Å². The fraction of sp³-hybridized carbons (Fsp3) is 0.545. The van der Waals surface area contributed by atoms with Crippen LogP contribution < -0.4 is 4.57 Å². The Labute approximate surface area is 105 Å². The average molecular weight is 249 g/mol. The highest BCUT2D eigenvalue weighted by Crippen LogP contribution is 2.01. The molecule has 0 saturated heterocycles. The molecular weight excluding hydrogens is 232 g/mol. The molecule has 18 heavy (non-hydrogen) atoms. The number of H-pyrrole nitrogens is 1. The Balaban J connectivity index is 1.63. The van der Waals surface area contributed by atoms with Crippen molar-refractivity contribution in [2.75, 3.05) is 0 Å². The minimum absolute atomic E-state index is 0.273. The van der Waals surface area contributed by atoms with Gasteiger partial charge in [-0.3, -0.25) is 4.79 Å². The van der Waals surface area contributed by atoms with Crippen LogP contribution in [0, 0.1) is 0 Å². The lowest BCUT2D eigenvalue weighted by Gasteiger charge is -1.98. The van der Waals surface area contributed by atoms with Crippen LogP contribution in [-0.2, 0) is 24.8 Å². The van der Waals surface area contributed by atoms with E-state index in [0.29, 0.717) is 25.1 Å². The molecule has 0 fully saturated rings. The van der Waals surface area contributed by atoms with Crippen molar-refractivity contribution in [1.82, 2.24) is 25.2 Å². The molecule has 7 nitrogen and oxygen atoms in total. The van der Waals surface area contributed by atoms with Crippen molar-refractivity contribution in [2.24, 2.45) is 7.05 Å². The molecule has 0 atom stereocenters. The minimum Gasteiger partial charge on any atom is -0.300 e. The first-order chi connectivity index (χ1) is 8.74. The van der Waals surface area contributed by atoms with Gasteiger partial charge in [-0.05, 0) is 6.42 Å². The molecular formula is C11H17N6O+. The standard InChI is InChI=1S/C11H17N6O/c1-16-7-8-17(9-16)6-5-10(18)3-2-4-11-12-14-15-13-11/h7-9H,2-6H2,1H3,(H,12,13,14,15)/q+1. The zero-order chi connectivity index (χ0) is 12.8. The first kappa shape index (κ1) is 12.4. The van der Waals surface area contributed by atoms with E-state index in [9.17, 15) is 4.79 Å². The van der Waals surface area contributed by atoms with Gasteiger partial charge in [-0.15, -0.1) is 10.2 Å². The molecule has 0 aromatic carbocycles. The van der Waals surface area contributed by atoms with E-state index < -0.39 is 0 Å². The molecule has 7 heteroatoms. The van der Waals surface area contributed by atoms with Crippen molar-refractivity contribution in [1.29, 1.82) is 0 Å². The number of carbonyl (C=O) groups is 1. The molecule has 0 spiro atoms. The fourth-order valence-electron chi connectivity index (χ4n) is 1.74. The number of nitrogens with zero attached hydrogens (tertiary/aromatic N) is 5. The lowest BCUT2D eigenvalue weighted by Crippen LogP contribution is -2.23. The monoisotopic (exact) mass is 249 g/mol. The number of tetrazole rings is 1. The summed E-state index contributed by atoms with van der Waals surface area (Å²) in [6.07, 6.45) is 8.50. The summed E-state index contributed by atoms with van der Waals surface area (Å²) in [6.45, 7) is 0.738. The molecule has 2 heterocycles. The van der Waals surface area contributed by atoms with E-state index in [1.54, 1.807) is 0 Å². The van der Waals surface area contributed by atoms with Gasteiger partial charge in [0.2, 0.25) is 6.33 Å². The number of nitrogens with one attached hydrogen (secondary N) is 1. The Morgan fingerprint density at radius 1 is 1.50 bits per heavy atom. The summed E-state index contributed by atoms with van der Waals surface area (Å²) in [5.41, 5.74) is 0. The zero-order valence-corrected chi connectivity index (χ0v) is 10.4. The third kappa shape index (κ3) is 3.76. The Morgan fingerprint density at radius 2 is 2.39 bits per heavy atom. The summed E-state index contributed by atoms with van der Waals surface area (Å²) in [6, 6.07) is 0.